The van der Waals surface area contributed by atoms with Gasteiger partial charge >= 0.3 is 0 Å². The molecule has 0 aliphatic carbocycles. The van der Waals surface area contributed by atoms with Gasteiger partial charge in [-0.3, -0.25) is 4.90 Å². The predicted octanol–water partition coefficient (Wildman–Crippen LogP) is 1.77. The van der Waals surface area contributed by atoms with Crippen LogP contribution in [0.5, 0.6) is 0 Å². The highest BCUT2D eigenvalue weighted by Gasteiger charge is 2.21. The maximum Gasteiger partial charge on any atom is 0.240 e. The van der Waals surface area contributed by atoms with Gasteiger partial charge < -0.3 is 14.6 Å². The zero-order valence-electron chi connectivity index (χ0n) is 12.5. The van der Waals surface area contributed by atoms with E-state index >= 15 is 0 Å². The summed E-state index contributed by atoms with van der Waals surface area (Å²) in [6.45, 7) is 7.41. The summed E-state index contributed by atoms with van der Waals surface area (Å²) in [5.74, 6) is 1.32. The topological polar surface area (TPSA) is 63.4 Å². The third kappa shape index (κ3) is 4.70. The fraction of sp³-hybridized carbons (Fsp3) is 0.846. The van der Waals surface area contributed by atoms with Crippen LogP contribution in [0.2, 0.25) is 0 Å². The van der Waals surface area contributed by atoms with Gasteiger partial charge in [0.2, 0.25) is 5.89 Å². The molecule has 20 heavy (non-hydrogen) atoms. The van der Waals surface area contributed by atoms with Crippen LogP contribution < -0.4 is 5.32 Å². The highest BCUT2D eigenvalue weighted by molar-refractivity contribution is 5.85. The fourth-order valence-electron chi connectivity index (χ4n) is 2.45. The molecule has 2 unspecified atom stereocenters. The summed E-state index contributed by atoms with van der Waals surface area (Å²) in [6, 6.07) is 0.568. The molecule has 116 valence electrons. The molecule has 1 aliphatic heterocycles. The molecule has 0 radical (unpaired) electrons. The second-order valence-electron chi connectivity index (χ2n) is 5.01. The van der Waals surface area contributed by atoms with Gasteiger partial charge in [-0.15, -0.1) is 12.4 Å². The van der Waals surface area contributed by atoms with Gasteiger partial charge in [0.15, 0.2) is 5.82 Å². The van der Waals surface area contributed by atoms with Crippen molar-refractivity contribution in [3.05, 3.63) is 11.7 Å². The zero-order chi connectivity index (χ0) is 13.7. The average molecular weight is 305 g/mol. The molecule has 0 bridgehead atoms. The Morgan fingerprint density at radius 3 is 3.05 bits per heavy atom. The minimum absolute atomic E-state index is 0. The maximum atomic E-state index is 5.46. The molecule has 1 saturated heterocycles. The minimum atomic E-state index is -0.103. The number of likely N-dealkylation sites (N-methyl/N-ethyl adjacent to an activating group) is 1. The molecule has 6 nitrogen and oxygen atoms in total. The van der Waals surface area contributed by atoms with E-state index in [-0.39, 0.29) is 18.5 Å². The van der Waals surface area contributed by atoms with Gasteiger partial charge in [-0.2, -0.15) is 4.98 Å². The van der Waals surface area contributed by atoms with E-state index in [4.69, 9.17) is 9.26 Å². The van der Waals surface area contributed by atoms with Gasteiger partial charge in [0.05, 0.1) is 6.54 Å². The van der Waals surface area contributed by atoms with Gasteiger partial charge in [0.25, 0.3) is 0 Å². The molecule has 1 aliphatic rings. The number of halogens is 1. The lowest BCUT2D eigenvalue weighted by atomic mass is 10.1. The van der Waals surface area contributed by atoms with E-state index in [2.05, 4.69) is 20.4 Å². The molecule has 0 amide bonds. The molecule has 2 heterocycles. The first kappa shape index (κ1) is 17.4. The van der Waals surface area contributed by atoms with Gasteiger partial charge in [-0.1, -0.05) is 5.16 Å². The number of ether oxygens (including phenoxy) is 1. The maximum absolute atomic E-state index is 5.46. The number of hydrogen-bond donors (Lipinski definition) is 1. The van der Waals surface area contributed by atoms with Crippen LogP contribution in [0.1, 0.15) is 44.5 Å². The van der Waals surface area contributed by atoms with Crippen LogP contribution in [-0.4, -0.2) is 47.8 Å². The monoisotopic (exact) mass is 304 g/mol. The van der Waals surface area contributed by atoms with Crippen molar-refractivity contribution in [3.8, 4) is 0 Å². The summed E-state index contributed by atoms with van der Waals surface area (Å²) in [7, 11) is 2.02. The standard InChI is InChI=1S/C13H24N4O2.ClH/c1-4-18-10(2)13-15-12(19-16-13)9-17-7-5-6-11(8-17)14-3;/h10-11,14H,4-9H2,1-3H3;1H. The molecule has 2 atom stereocenters. The number of hydrogen-bond acceptors (Lipinski definition) is 6. The molecular formula is C13H25ClN4O2. The molecular weight excluding hydrogens is 280 g/mol. The van der Waals surface area contributed by atoms with Crippen LogP contribution in [0.25, 0.3) is 0 Å². The van der Waals surface area contributed by atoms with E-state index in [0.29, 0.717) is 24.4 Å². The minimum Gasteiger partial charge on any atom is -0.371 e. The van der Waals surface area contributed by atoms with Gasteiger partial charge in [-0.05, 0) is 40.3 Å². The fourth-order valence-corrected chi connectivity index (χ4v) is 2.45. The summed E-state index contributed by atoms with van der Waals surface area (Å²) < 4.78 is 10.8. The normalized spacial score (nSPS) is 21.4. The van der Waals surface area contributed by atoms with Gasteiger partial charge in [-0.25, -0.2) is 0 Å². The third-order valence-corrected chi connectivity index (χ3v) is 3.54. The van der Waals surface area contributed by atoms with Gasteiger partial charge in [0.1, 0.15) is 6.10 Å². The quantitative estimate of drug-likeness (QED) is 0.864. The lowest BCUT2D eigenvalue weighted by Crippen LogP contribution is -2.43. The molecule has 1 aromatic heterocycles. The second-order valence-corrected chi connectivity index (χ2v) is 5.01. The highest BCUT2D eigenvalue weighted by atomic mass is 35.5. The van der Waals surface area contributed by atoms with E-state index in [1.54, 1.807) is 0 Å². The Balaban J connectivity index is 0.00000200. The van der Waals surface area contributed by atoms with Crippen LogP contribution in [0, 0.1) is 0 Å². The SMILES string of the molecule is CCOC(C)c1noc(CN2CCCC(NC)C2)n1.Cl. The van der Waals surface area contributed by atoms with Crippen molar-refractivity contribution in [2.45, 2.75) is 45.4 Å². The smallest absolute Gasteiger partial charge is 0.240 e. The van der Waals surface area contributed by atoms with Crippen LogP contribution >= 0.6 is 12.4 Å². The van der Waals surface area contributed by atoms with Crippen molar-refractivity contribution in [1.29, 1.82) is 0 Å². The molecule has 7 heteroatoms. The van der Waals surface area contributed by atoms with Crippen molar-refractivity contribution in [3.63, 3.8) is 0 Å². The second kappa shape index (κ2) is 8.56. The van der Waals surface area contributed by atoms with E-state index in [0.717, 1.165) is 19.6 Å². The Labute approximate surface area is 126 Å². The van der Waals surface area contributed by atoms with Crippen molar-refractivity contribution in [1.82, 2.24) is 20.4 Å². The van der Waals surface area contributed by atoms with E-state index in [9.17, 15) is 0 Å². The summed E-state index contributed by atoms with van der Waals surface area (Å²) in [5.41, 5.74) is 0. The molecule has 1 N–H and O–H groups in total. The first-order valence-corrected chi connectivity index (χ1v) is 7.06. The van der Waals surface area contributed by atoms with Crippen LogP contribution in [-0.2, 0) is 11.3 Å². The number of piperidine rings is 1. The number of rotatable bonds is 6. The number of likely N-dealkylation sites (tertiary alicyclic amines) is 1. The van der Waals surface area contributed by atoms with E-state index < -0.39 is 0 Å². The first-order chi connectivity index (χ1) is 9.22. The summed E-state index contributed by atoms with van der Waals surface area (Å²) in [4.78, 5) is 6.76. The number of nitrogens with one attached hydrogen (secondary N) is 1. The van der Waals surface area contributed by atoms with E-state index in [1.807, 2.05) is 20.9 Å². The van der Waals surface area contributed by atoms with Crippen molar-refractivity contribution < 1.29 is 9.26 Å². The molecule has 0 aromatic carbocycles. The Hall–Kier alpha value is -0.690. The molecule has 0 saturated carbocycles. The molecule has 0 spiro atoms. The Bertz CT molecular complexity index is 388. The Morgan fingerprint density at radius 1 is 1.55 bits per heavy atom. The Morgan fingerprint density at radius 2 is 2.35 bits per heavy atom. The number of nitrogens with zero attached hydrogens (tertiary/aromatic N) is 3. The van der Waals surface area contributed by atoms with Gasteiger partial charge in [0, 0.05) is 19.2 Å². The molecule has 1 aromatic rings. The summed E-state index contributed by atoms with van der Waals surface area (Å²) in [6.07, 6.45) is 2.35. The van der Waals surface area contributed by atoms with Crippen molar-refractivity contribution in [2.24, 2.45) is 0 Å². The van der Waals surface area contributed by atoms with Crippen molar-refractivity contribution in [2.75, 3.05) is 26.7 Å². The van der Waals surface area contributed by atoms with Crippen LogP contribution in [0.3, 0.4) is 0 Å². The van der Waals surface area contributed by atoms with Crippen LogP contribution in [0.15, 0.2) is 4.52 Å². The lowest BCUT2D eigenvalue weighted by Gasteiger charge is -2.31. The first-order valence-electron chi connectivity index (χ1n) is 7.06. The van der Waals surface area contributed by atoms with Crippen LogP contribution in [0.4, 0.5) is 0 Å². The number of aromatic nitrogens is 2. The zero-order valence-corrected chi connectivity index (χ0v) is 13.3. The summed E-state index contributed by atoms with van der Waals surface area (Å²) in [5, 5.41) is 7.32. The average Bonchev–Trinajstić information content (AvgIpc) is 2.88. The largest absolute Gasteiger partial charge is 0.371 e. The molecule has 1 fully saturated rings. The lowest BCUT2D eigenvalue weighted by molar-refractivity contribution is 0.0683. The highest BCUT2D eigenvalue weighted by Crippen LogP contribution is 2.16. The van der Waals surface area contributed by atoms with Crippen molar-refractivity contribution >= 4 is 12.4 Å². The summed E-state index contributed by atoms with van der Waals surface area (Å²) >= 11 is 0. The predicted molar refractivity (Wildman–Crippen MR) is 78.9 cm³/mol. The van der Waals surface area contributed by atoms with E-state index in [1.165, 1.54) is 12.8 Å². The molecule has 2 rings (SSSR count). The third-order valence-electron chi connectivity index (χ3n) is 3.54. The Kier molecular flexibility index (Phi) is 7.43.